The van der Waals surface area contributed by atoms with Crippen molar-refractivity contribution in [3.8, 4) is 5.88 Å². The lowest BCUT2D eigenvalue weighted by Crippen LogP contribution is -2.47. The molecule has 0 saturated carbocycles. The fraction of sp³-hybridized carbons (Fsp3) is 0.632. The number of pyridine rings is 1. The van der Waals surface area contributed by atoms with Crippen molar-refractivity contribution >= 4 is 12.1 Å². The first kappa shape index (κ1) is 20.0. The predicted octanol–water partition coefficient (Wildman–Crippen LogP) is 2.99. The first-order valence-electron chi connectivity index (χ1n) is 8.89. The van der Waals surface area contributed by atoms with Crippen LogP contribution in [-0.2, 0) is 14.3 Å². The number of hydrogen-bond acceptors (Lipinski definition) is 6. The molecule has 1 aliphatic rings. The number of piperidine rings is 1. The third-order valence-electron chi connectivity index (χ3n) is 4.25. The molecule has 26 heavy (non-hydrogen) atoms. The second kappa shape index (κ2) is 8.38. The molecule has 1 saturated heterocycles. The summed E-state index contributed by atoms with van der Waals surface area (Å²) in [4.78, 5) is 30.7. The van der Waals surface area contributed by atoms with Gasteiger partial charge >= 0.3 is 12.1 Å². The smallest absolute Gasteiger partial charge is 0.410 e. The van der Waals surface area contributed by atoms with Crippen LogP contribution in [0.15, 0.2) is 18.3 Å². The second-order valence-corrected chi connectivity index (χ2v) is 7.31. The van der Waals surface area contributed by atoms with Crippen molar-refractivity contribution < 1.29 is 23.8 Å². The first-order chi connectivity index (χ1) is 12.2. The minimum absolute atomic E-state index is 0.0652. The van der Waals surface area contributed by atoms with Crippen molar-refractivity contribution in [3.63, 3.8) is 0 Å². The highest BCUT2D eigenvalue weighted by Crippen LogP contribution is 2.35. The number of rotatable bonds is 4. The van der Waals surface area contributed by atoms with Crippen LogP contribution in [0.5, 0.6) is 5.88 Å². The van der Waals surface area contributed by atoms with E-state index in [9.17, 15) is 9.59 Å². The number of likely N-dealkylation sites (tertiary alicyclic amines) is 1. The molecule has 7 heteroatoms. The van der Waals surface area contributed by atoms with E-state index >= 15 is 0 Å². The number of nitrogens with zero attached hydrogens (tertiary/aromatic N) is 2. The van der Waals surface area contributed by atoms with Crippen molar-refractivity contribution in [1.82, 2.24) is 9.88 Å². The van der Waals surface area contributed by atoms with E-state index in [0.29, 0.717) is 25.5 Å². The van der Waals surface area contributed by atoms with Gasteiger partial charge in [-0.05, 0) is 45.7 Å². The van der Waals surface area contributed by atoms with Gasteiger partial charge in [0, 0.05) is 31.3 Å². The van der Waals surface area contributed by atoms with Gasteiger partial charge in [0.15, 0.2) is 0 Å². The van der Waals surface area contributed by atoms with Gasteiger partial charge in [-0.15, -0.1) is 0 Å². The highest BCUT2D eigenvalue weighted by molar-refractivity contribution is 5.76. The van der Waals surface area contributed by atoms with Crippen molar-refractivity contribution in [3.05, 3.63) is 23.9 Å². The lowest BCUT2D eigenvalue weighted by Gasteiger charge is -2.38. The molecule has 0 aliphatic carbocycles. The summed E-state index contributed by atoms with van der Waals surface area (Å²) >= 11 is 0. The summed E-state index contributed by atoms with van der Waals surface area (Å²) in [5.41, 5.74) is 0.380. The Bertz CT molecular complexity index is 641. The van der Waals surface area contributed by atoms with Crippen LogP contribution in [-0.4, -0.2) is 54.4 Å². The Balaban J connectivity index is 2.22. The second-order valence-electron chi connectivity index (χ2n) is 7.31. The summed E-state index contributed by atoms with van der Waals surface area (Å²) in [6.45, 7) is 8.32. The Morgan fingerprint density at radius 3 is 2.69 bits per heavy atom. The van der Waals surface area contributed by atoms with Crippen LogP contribution in [0, 0.1) is 5.92 Å². The maximum absolute atomic E-state index is 12.5. The van der Waals surface area contributed by atoms with Crippen molar-refractivity contribution in [2.45, 2.75) is 45.6 Å². The van der Waals surface area contributed by atoms with Gasteiger partial charge in [0.05, 0.1) is 19.6 Å². The molecule has 144 valence electrons. The topological polar surface area (TPSA) is 78.0 Å². The SMILES string of the molecule is CCOC(=O)[C@@H]1CN(C(=O)OC(C)(C)C)CC[C@@H]1c1ccnc(OC)c1. The number of methoxy groups -OCH3 is 1. The summed E-state index contributed by atoms with van der Waals surface area (Å²) in [7, 11) is 1.56. The molecular weight excluding hydrogens is 336 g/mol. The highest BCUT2D eigenvalue weighted by Gasteiger charge is 2.39. The Morgan fingerprint density at radius 1 is 1.35 bits per heavy atom. The van der Waals surface area contributed by atoms with Gasteiger partial charge in [0.1, 0.15) is 5.60 Å². The van der Waals surface area contributed by atoms with Gasteiger partial charge in [-0.25, -0.2) is 9.78 Å². The Hall–Kier alpha value is -2.31. The average Bonchev–Trinajstić information content (AvgIpc) is 2.60. The average molecular weight is 364 g/mol. The molecule has 1 fully saturated rings. The molecule has 0 N–H and O–H groups in total. The lowest BCUT2D eigenvalue weighted by molar-refractivity contribution is -0.150. The van der Waals surface area contributed by atoms with E-state index in [1.807, 2.05) is 32.9 Å². The minimum Gasteiger partial charge on any atom is -0.481 e. The number of hydrogen-bond donors (Lipinski definition) is 0. The fourth-order valence-electron chi connectivity index (χ4n) is 3.10. The summed E-state index contributed by atoms with van der Waals surface area (Å²) in [5.74, 6) is -0.325. The van der Waals surface area contributed by atoms with Gasteiger partial charge < -0.3 is 19.1 Å². The van der Waals surface area contributed by atoms with Crippen molar-refractivity contribution in [2.24, 2.45) is 5.92 Å². The predicted molar refractivity (Wildman–Crippen MR) is 96.1 cm³/mol. The fourth-order valence-corrected chi connectivity index (χ4v) is 3.10. The molecule has 2 atom stereocenters. The Morgan fingerprint density at radius 2 is 2.08 bits per heavy atom. The number of ether oxygens (including phenoxy) is 3. The van der Waals surface area contributed by atoms with Crippen LogP contribution in [0.2, 0.25) is 0 Å². The lowest BCUT2D eigenvalue weighted by atomic mass is 9.81. The quantitative estimate of drug-likeness (QED) is 0.764. The van der Waals surface area contributed by atoms with Gasteiger partial charge in [0.2, 0.25) is 5.88 Å². The van der Waals surface area contributed by atoms with Gasteiger partial charge in [0.25, 0.3) is 0 Å². The molecule has 1 aromatic rings. The van der Waals surface area contributed by atoms with Crippen LogP contribution in [0.1, 0.15) is 45.6 Å². The molecule has 7 nitrogen and oxygen atoms in total. The molecule has 1 amide bonds. The summed E-state index contributed by atoms with van der Waals surface area (Å²) in [6.07, 6.45) is 1.89. The number of esters is 1. The zero-order chi connectivity index (χ0) is 19.3. The number of carbonyl (C=O) groups excluding carboxylic acids is 2. The van der Waals surface area contributed by atoms with E-state index in [4.69, 9.17) is 14.2 Å². The maximum Gasteiger partial charge on any atom is 0.410 e. The van der Waals surface area contributed by atoms with Crippen molar-refractivity contribution in [1.29, 1.82) is 0 Å². The Labute approximate surface area is 154 Å². The van der Waals surface area contributed by atoms with E-state index < -0.39 is 17.6 Å². The monoisotopic (exact) mass is 364 g/mol. The normalized spacial score (nSPS) is 20.4. The van der Waals surface area contributed by atoms with E-state index in [-0.39, 0.29) is 18.4 Å². The molecule has 1 aliphatic heterocycles. The standard InChI is InChI=1S/C19H28N2O5/c1-6-25-17(22)15-12-21(18(23)26-19(2,3)4)10-8-14(15)13-7-9-20-16(11-13)24-5/h7,9,11,14-15H,6,8,10,12H2,1-5H3/t14-,15-/m1/s1. The highest BCUT2D eigenvalue weighted by atomic mass is 16.6. The van der Waals surface area contributed by atoms with E-state index in [1.54, 1.807) is 25.1 Å². The van der Waals surface area contributed by atoms with Crippen LogP contribution in [0.4, 0.5) is 4.79 Å². The molecule has 0 aromatic carbocycles. The third-order valence-corrected chi connectivity index (χ3v) is 4.25. The number of carbonyl (C=O) groups is 2. The Kier molecular flexibility index (Phi) is 6.45. The van der Waals surface area contributed by atoms with Crippen LogP contribution in [0.3, 0.4) is 0 Å². The zero-order valence-corrected chi connectivity index (χ0v) is 16.2. The molecule has 2 heterocycles. The molecular formula is C19H28N2O5. The number of amides is 1. The molecule has 0 spiro atoms. The first-order valence-corrected chi connectivity index (χ1v) is 8.89. The molecule has 2 rings (SSSR count). The number of aromatic nitrogens is 1. The van der Waals surface area contributed by atoms with Crippen molar-refractivity contribution in [2.75, 3.05) is 26.8 Å². The van der Waals surface area contributed by atoms with Crippen LogP contribution >= 0.6 is 0 Å². The summed E-state index contributed by atoms with van der Waals surface area (Å²) in [6, 6.07) is 3.71. The zero-order valence-electron chi connectivity index (χ0n) is 16.2. The summed E-state index contributed by atoms with van der Waals surface area (Å²) < 4.78 is 15.9. The van der Waals surface area contributed by atoms with Gasteiger partial charge in [-0.2, -0.15) is 0 Å². The largest absolute Gasteiger partial charge is 0.481 e. The van der Waals surface area contributed by atoms with E-state index in [2.05, 4.69) is 4.98 Å². The molecule has 0 bridgehead atoms. The van der Waals surface area contributed by atoms with Gasteiger partial charge in [-0.1, -0.05) is 0 Å². The summed E-state index contributed by atoms with van der Waals surface area (Å²) in [5, 5.41) is 0. The van der Waals surface area contributed by atoms with Crippen LogP contribution in [0.25, 0.3) is 0 Å². The minimum atomic E-state index is -0.578. The molecule has 0 radical (unpaired) electrons. The van der Waals surface area contributed by atoms with Crippen LogP contribution < -0.4 is 4.74 Å². The molecule has 1 aromatic heterocycles. The molecule has 0 unspecified atom stereocenters. The maximum atomic E-state index is 12.5. The van der Waals surface area contributed by atoms with E-state index in [1.165, 1.54) is 0 Å². The van der Waals surface area contributed by atoms with E-state index in [0.717, 1.165) is 5.56 Å². The van der Waals surface area contributed by atoms with Gasteiger partial charge in [-0.3, -0.25) is 4.79 Å². The third kappa shape index (κ3) is 5.09.